The van der Waals surface area contributed by atoms with Gasteiger partial charge < -0.3 is 60.7 Å². The number of fused-ring (bicyclic) bond motifs is 8. The molecule has 4 aliphatic carbocycles. The van der Waals surface area contributed by atoms with Crippen molar-refractivity contribution in [1.29, 1.82) is 0 Å². The van der Waals surface area contributed by atoms with Crippen LogP contribution in [0.25, 0.3) is 22.3 Å². The van der Waals surface area contributed by atoms with Gasteiger partial charge in [-0.25, -0.2) is 0 Å². The molecule has 8 aliphatic heterocycles. The van der Waals surface area contributed by atoms with E-state index in [0.29, 0.717) is 128 Å². The lowest BCUT2D eigenvalue weighted by molar-refractivity contribution is -0.947. The molecule has 0 saturated carbocycles. The van der Waals surface area contributed by atoms with E-state index in [1.54, 1.807) is 4.90 Å². The lowest BCUT2D eigenvalue weighted by atomic mass is 10.0. The normalized spacial score (nSPS) is 21.6. The number of ether oxygens (including phenoxy) is 1. The minimum atomic E-state index is -0.793. The molecule has 672 valence electrons. The van der Waals surface area contributed by atoms with E-state index in [2.05, 4.69) is 131 Å². The number of carboxylic acid groups (broad SMARTS) is 1. The summed E-state index contributed by atoms with van der Waals surface area (Å²) in [5.74, 6) is -0.600. The van der Waals surface area contributed by atoms with Gasteiger partial charge in [0.25, 0.3) is 0 Å². The maximum Gasteiger partial charge on any atom is 0.320 e. The van der Waals surface area contributed by atoms with Crippen LogP contribution in [-0.2, 0) is 78.5 Å². The van der Waals surface area contributed by atoms with E-state index in [1.165, 1.54) is 45.4 Å². The van der Waals surface area contributed by atoms with E-state index >= 15 is 0 Å². The molecule has 12 aliphatic rings. The number of para-hydroxylation sites is 4. The second-order valence-electron chi connectivity index (χ2n) is 33.6. The fourth-order valence-electron chi connectivity index (χ4n) is 18.5. The summed E-state index contributed by atoms with van der Waals surface area (Å²) < 4.78 is 8.82. The van der Waals surface area contributed by atoms with E-state index in [4.69, 9.17) is 29.2 Å². The summed E-state index contributed by atoms with van der Waals surface area (Å²) in [4.78, 5) is 110. The lowest BCUT2D eigenvalue weighted by Gasteiger charge is -2.33. The average Bonchev–Trinajstić information content (AvgIpc) is 1.62. The Labute approximate surface area is 788 Å². The van der Waals surface area contributed by atoms with Crippen LogP contribution in [-0.4, -0.2) is 251 Å². The van der Waals surface area contributed by atoms with Crippen molar-refractivity contribution >= 4 is 167 Å². The molecule has 31 heteroatoms. The number of halogens is 4. The zero-order valence-electron chi connectivity index (χ0n) is 72.3. The van der Waals surface area contributed by atoms with Gasteiger partial charge in [0, 0.05) is 161 Å². The van der Waals surface area contributed by atoms with Crippen molar-refractivity contribution in [3.63, 3.8) is 0 Å². The Morgan fingerprint density at radius 2 is 0.685 bits per heavy atom. The van der Waals surface area contributed by atoms with Gasteiger partial charge >= 0.3 is 11.9 Å². The zero-order valence-corrected chi connectivity index (χ0v) is 78.7. The third-order valence-electron chi connectivity index (χ3n) is 25.1. The van der Waals surface area contributed by atoms with Gasteiger partial charge in [-0.3, -0.25) is 53.3 Å². The molecule has 0 unspecified atom stereocenters. The number of rotatable bonds is 21. The van der Waals surface area contributed by atoms with Crippen LogP contribution in [0.3, 0.4) is 0 Å². The number of carbonyl (C=O) groups excluding carboxylic acids is 5. The first kappa shape index (κ1) is 91.0. The molecule has 0 radical (unpaired) electrons. The predicted octanol–water partition coefficient (Wildman–Crippen LogP) is 11.4. The highest BCUT2D eigenvalue weighted by Gasteiger charge is 2.40. The first-order valence-corrected chi connectivity index (χ1v) is 47.8. The van der Waals surface area contributed by atoms with Crippen molar-refractivity contribution in [3.05, 3.63) is 277 Å². The second-order valence-corrected chi connectivity index (χ2v) is 37.2. The Kier molecular flexibility index (Phi) is 29.8. The van der Waals surface area contributed by atoms with Gasteiger partial charge in [-0.15, -0.1) is 0 Å². The van der Waals surface area contributed by atoms with E-state index in [0.717, 1.165) is 204 Å². The number of aliphatic carboxylic acids is 1. The maximum absolute atomic E-state index is 13.0. The van der Waals surface area contributed by atoms with Gasteiger partial charge in [0.15, 0.2) is 29.7 Å². The molecular formula is C99H103Br4N15O12+2. The molecular weight excluding hydrogens is 1910 g/mol. The van der Waals surface area contributed by atoms with Gasteiger partial charge in [0.05, 0.1) is 64.8 Å². The number of nitrogens with two attached hydrogens (primary N) is 1. The Morgan fingerprint density at radius 3 is 1.01 bits per heavy atom. The zero-order chi connectivity index (χ0) is 89.7. The van der Waals surface area contributed by atoms with Gasteiger partial charge in [-0.05, 0) is 150 Å². The molecule has 8 aromatic carbocycles. The summed E-state index contributed by atoms with van der Waals surface area (Å²) in [6, 6.07) is 55.6. The van der Waals surface area contributed by atoms with Gasteiger partial charge in [-0.2, -0.15) is 0 Å². The summed E-state index contributed by atoms with van der Waals surface area (Å²) in [5, 5.41) is 43.0. The predicted molar refractivity (Wildman–Crippen MR) is 517 cm³/mol. The molecule has 8 heterocycles. The van der Waals surface area contributed by atoms with Crippen LogP contribution in [0.2, 0.25) is 0 Å². The molecule has 4 fully saturated rings. The number of hydrogen-bond donors (Lipinski definition) is 7. The number of nitrogens with zero attached hydrogens (tertiary/aromatic N) is 9. The molecule has 20 rings (SSSR count). The topological polar surface area (TPSA) is 304 Å². The molecule has 27 nitrogen and oxygen atoms in total. The van der Waals surface area contributed by atoms with Crippen molar-refractivity contribution < 1.29 is 68.2 Å². The molecule has 8 N–H and O–H groups in total. The van der Waals surface area contributed by atoms with Crippen LogP contribution in [0.15, 0.2) is 231 Å². The minimum absolute atomic E-state index is 0.0651. The van der Waals surface area contributed by atoms with Crippen molar-refractivity contribution in [1.82, 2.24) is 24.5 Å². The van der Waals surface area contributed by atoms with Crippen molar-refractivity contribution in [2.75, 3.05) is 185 Å². The van der Waals surface area contributed by atoms with Crippen LogP contribution in [0.4, 0.5) is 22.7 Å². The number of nitrogens with one attached hydrogen (secondary N) is 5. The lowest BCUT2D eigenvalue weighted by Crippen LogP contribution is -3.20. The summed E-state index contributed by atoms with van der Waals surface area (Å²) in [5.41, 5.74) is 23.7. The number of ketones is 4. The highest BCUT2D eigenvalue weighted by molar-refractivity contribution is 9.11. The largest absolute Gasteiger partial charge is 0.480 e. The number of carboxylic acids is 1. The SMILES string of the molecule is CCOC(=O)CN1CCN(CCO/N=C2/C(=C3/C(=O)Cc4ccc(Br)cc43)Nc3ccccc32)CC1.O=C(O)CN1CCN(CCO/N=C2/C(=C3/C(=O)Cc4ccc(Br)cc43)Nc3ccccc32)CC1.O=C1Cc2ccc(Br)cc2/C1=C1/Nc2ccccc2/C1=N\OCCN1CCCCC1.O=C1Cc2ccc(Br)cc2/C1=C1/Nc2ccccc2/C1=N\OCC[NH+]1CC[NH2+]CC1. The number of hydrogen-bond acceptors (Lipinski definition) is 24. The fraction of sp³-hybridized carbons (Fsp3) is 0.333. The van der Waals surface area contributed by atoms with Crippen LogP contribution >= 0.6 is 63.7 Å². The van der Waals surface area contributed by atoms with E-state index < -0.39 is 5.97 Å². The van der Waals surface area contributed by atoms with Crippen molar-refractivity contribution in [3.8, 4) is 0 Å². The Hall–Kier alpha value is -10.9. The number of Topliss-reactive ketones (excluding diaryl/α,β-unsaturated/α-hetero) is 4. The highest BCUT2D eigenvalue weighted by atomic mass is 79.9. The standard InChI is InChI=1S/C27H29BrN4O4.C25H25BrN4O4.C24H24BrN3O2.C23H23BrN4O2/c1-2-35-24(34)17-32-11-9-31(10-12-32)13-14-36-30-26-20-5-3-4-6-22(20)29-27(26)25-21-16-19(28)8-7-18(21)15-23(25)33;26-17-6-5-16-13-21(31)23(19(16)14-17)25-24(18-3-1-2-4-20(18)27-25)28-34-12-11-29-7-9-30(10-8-29)15-22(32)33;25-17-9-8-16-14-21(29)22(19(16)15-17)24-23(18-6-2-3-7-20(18)26-24)27-30-13-12-28-10-4-1-5-11-28;24-16-6-5-15-13-20(29)21(18(15)14-16)23-22(17-3-1-2-4-19(17)26-23)27-30-12-11-28-9-7-25-8-10-28/h3-8,16,29H,2,9-15,17H2,1H3;1-6,14,27H,7-13,15H2,(H,32,33);2-3,6-9,15,26H,1,4-5,10-14H2;1-6,14,25-26H,7-13H2/p+2/b27-25-,30-26+;25-23-,28-24+;24-22-,27-23+;23-21-,27-22+. The van der Waals surface area contributed by atoms with Crippen molar-refractivity contribution in [2.45, 2.75) is 51.9 Å². The Morgan fingerprint density at radius 1 is 0.385 bits per heavy atom. The van der Waals surface area contributed by atoms with E-state index in [9.17, 15) is 28.8 Å². The molecule has 0 spiro atoms. The number of benzene rings is 8. The van der Waals surface area contributed by atoms with Crippen LogP contribution in [0.5, 0.6) is 0 Å². The van der Waals surface area contributed by atoms with E-state index in [1.807, 2.05) is 182 Å². The number of esters is 1. The minimum Gasteiger partial charge on any atom is -0.480 e. The molecule has 130 heavy (non-hydrogen) atoms. The summed E-state index contributed by atoms with van der Waals surface area (Å²) in [6.45, 7) is 21.2. The first-order chi connectivity index (χ1) is 63.4. The third kappa shape index (κ3) is 21.3. The number of anilines is 4. The van der Waals surface area contributed by atoms with Crippen molar-refractivity contribution in [2.24, 2.45) is 20.6 Å². The Bertz CT molecular complexity index is 5810. The molecule has 0 atom stereocenters. The Balaban J connectivity index is 0.000000122. The number of likely N-dealkylation sites (tertiary alicyclic amines) is 1. The monoisotopic (exact) mass is 2010 g/mol. The maximum atomic E-state index is 13.0. The van der Waals surface area contributed by atoms with Crippen LogP contribution in [0, 0.1) is 0 Å². The average molecular weight is 2010 g/mol. The first-order valence-electron chi connectivity index (χ1n) is 44.6. The second kappa shape index (κ2) is 42.5. The molecule has 0 aromatic heterocycles. The number of allylic oxidation sites excluding steroid dienone is 8. The quantitative estimate of drug-likeness (QED) is 0.0152. The third-order valence-corrected chi connectivity index (χ3v) is 27.0. The highest BCUT2D eigenvalue weighted by Crippen LogP contribution is 2.45. The van der Waals surface area contributed by atoms with Gasteiger partial charge in [-0.1, -0.05) is 188 Å². The van der Waals surface area contributed by atoms with E-state index in [-0.39, 0.29) is 35.6 Å². The van der Waals surface area contributed by atoms with Crippen LogP contribution in [0.1, 0.15) is 92.9 Å². The molecule has 0 bridgehead atoms. The summed E-state index contributed by atoms with van der Waals surface area (Å²) in [6.07, 6.45) is 5.45. The molecule has 8 aromatic rings. The summed E-state index contributed by atoms with van der Waals surface area (Å²) in [7, 11) is 0. The van der Waals surface area contributed by atoms with Gasteiger partial charge in [0.2, 0.25) is 0 Å². The summed E-state index contributed by atoms with van der Waals surface area (Å²) >= 11 is 14.1. The van der Waals surface area contributed by atoms with Gasteiger partial charge in [0.1, 0.15) is 75.4 Å². The number of piperidine rings is 1. The number of oxime groups is 4. The van der Waals surface area contributed by atoms with Crippen LogP contribution < -0.4 is 31.5 Å². The molecule has 0 amide bonds. The molecule has 4 saturated heterocycles. The number of quaternary nitrogens is 2. The fourth-order valence-corrected chi connectivity index (χ4v) is 19.9. The number of carbonyl (C=O) groups is 6. The smallest absolute Gasteiger partial charge is 0.320 e. The number of piperazine rings is 3.